The van der Waals surface area contributed by atoms with Crippen LogP contribution in [0.1, 0.15) is 38.9 Å². The van der Waals surface area contributed by atoms with Crippen LogP contribution in [-0.2, 0) is 13.1 Å². The van der Waals surface area contributed by atoms with E-state index in [0.29, 0.717) is 6.04 Å². The zero-order valence-electron chi connectivity index (χ0n) is 9.61. The Bertz CT molecular complexity index is 307. The van der Waals surface area contributed by atoms with Crippen LogP contribution < -0.4 is 5.32 Å². The fourth-order valence-electron chi connectivity index (χ4n) is 2.35. The number of hydrogen-bond acceptors (Lipinski definition) is 3. The first-order valence-corrected chi connectivity index (χ1v) is 5.91. The minimum absolute atomic E-state index is 0.673. The maximum Gasteiger partial charge on any atom is 0.146 e. The number of nitrogens with zero attached hydrogens (tertiary/aromatic N) is 3. The maximum atomic E-state index is 4.12. The van der Waals surface area contributed by atoms with Crippen LogP contribution in [-0.4, -0.2) is 20.8 Å². The summed E-state index contributed by atoms with van der Waals surface area (Å²) in [5, 5.41) is 11.6. The number of aromatic nitrogens is 3. The third-order valence-corrected chi connectivity index (χ3v) is 3.42. The van der Waals surface area contributed by atoms with Crippen molar-refractivity contribution in [3.05, 3.63) is 12.2 Å². The molecule has 15 heavy (non-hydrogen) atoms. The summed E-state index contributed by atoms with van der Waals surface area (Å²) in [5.74, 6) is 1.86. The average molecular weight is 208 g/mol. The Morgan fingerprint density at radius 3 is 3.07 bits per heavy atom. The van der Waals surface area contributed by atoms with Gasteiger partial charge < -0.3 is 9.88 Å². The van der Waals surface area contributed by atoms with Crippen molar-refractivity contribution >= 4 is 0 Å². The molecule has 0 amide bonds. The zero-order chi connectivity index (χ0) is 10.7. The first kappa shape index (κ1) is 10.6. The van der Waals surface area contributed by atoms with Gasteiger partial charge in [0.25, 0.3) is 0 Å². The zero-order valence-corrected chi connectivity index (χ0v) is 9.61. The molecule has 1 saturated carbocycles. The Morgan fingerprint density at radius 1 is 1.53 bits per heavy atom. The Labute approximate surface area is 91.1 Å². The third kappa shape index (κ3) is 2.37. The van der Waals surface area contributed by atoms with Crippen molar-refractivity contribution in [3.8, 4) is 0 Å². The molecule has 1 aliphatic carbocycles. The third-order valence-electron chi connectivity index (χ3n) is 3.42. The van der Waals surface area contributed by atoms with E-state index in [2.05, 4.69) is 33.9 Å². The Hall–Kier alpha value is -0.900. The number of rotatable bonds is 4. The molecule has 1 aliphatic rings. The summed E-state index contributed by atoms with van der Waals surface area (Å²) >= 11 is 0. The Kier molecular flexibility index (Phi) is 3.36. The summed E-state index contributed by atoms with van der Waals surface area (Å²) in [6, 6.07) is 0.673. The average Bonchev–Trinajstić information content (AvgIpc) is 2.83. The van der Waals surface area contributed by atoms with Crippen molar-refractivity contribution in [1.29, 1.82) is 0 Å². The number of nitrogens with one attached hydrogen (secondary N) is 1. The van der Waals surface area contributed by atoms with Gasteiger partial charge in [-0.05, 0) is 25.7 Å². The molecular weight excluding hydrogens is 188 g/mol. The quantitative estimate of drug-likeness (QED) is 0.817. The van der Waals surface area contributed by atoms with Crippen molar-refractivity contribution in [2.45, 2.75) is 52.2 Å². The van der Waals surface area contributed by atoms with Crippen LogP contribution in [0.4, 0.5) is 0 Å². The van der Waals surface area contributed by atoms with Crippen LogP contribution in [0.2, 0.25) is 0 Å². The van der Waals surface area contributed by atoms with E-state index in [9.17, 15) is 0 Å². The van der Waals surface area contributed by atoms with Crippen molar-refractivity contribution in [1.82, 2.24) is 20.1 Å². The van der Waals surface area contributed by atoms with Gasteiger partial charge in [0.1, 0.15) is 12.2 Å². The van der Waals surface area contributed by atoms with Crippen molar-refractivity contribution in [3.63, 3.8) is 0 Å². The highest BCUT2D eigenvalue weighted by molar-refractivity contribution is 4.88. The SMILES string of the molecule is CCn1cnnc1CNC1CCCC1C. The highest BCUT2D eigenvalue weighted by atomic mass is 15.3. The van der Waals surface area contributed by atoms with Crippen molar-refractivity contribution < 1.29 is 0 Å². The van der Waals surface area contributed by atoms with Crippen LogP contribution in [0.25, 0.3) is 0 Å². The second-order valence-electron chi connectivity index (χ2n) is 4.43. The van der Waals surface area contributed by atoms with Gasteiger partial charge in [0.05, 0.1) is 6.54 Å². The molecule has 84 valence electrons. The standard InChI is InChI=1S/C11H20N4/c1-3-15-8-13-14-11(15)7-12-10-6-4-5-9(10)2/h8-10,12H,3-7H2,1-2H3. The molecule has 0 aliphatic heterocycles. The topological polar surface area (TPSA) is 42.7 Å². The molecule has 0 saturated heterocycles. The number of hydrogen-bond donors (Lipinski definition) is 1. The largest absolute Gasteiger partial charge is 0.317 e. The fraction of sp³-hybridized carbons (Fsp3) is 0.818. The van der Waals surface area contributed by atoms with E-state index >= 15 is 0 Å². The molecule has 0 radical (unpaired) electrons. The molecule has 1 fully saturated rings. The molecule has 4 nitrogen and oxygen atoms in total. The van der Waals surface area contributed by atoms with E-state index in [1.54, 1.807) is 6.33 Å². The van der Waals surface area contributed by atoms with E-state index in [4.69, 9.17) is 0 Å². The lowest BCUT2D eigenvalue weighted by molar-refractivity contribution is 0.416. The fourth-order valence-corrected chi connectivity index (χ4v) is 2.35. The van der Waals surface area contributed by atoms with Gasteiger partial charge in [0.2, 0.25) is 0 Å². The first-order valence-electron chi connectivity index (χ1n) is 5.91. The molecular formula is C11H20N4. The molecule has 1 N–H and O–H groups in total. The van der Waals surface area contributed by atoms with Gasteiger partial charge in [-0.15, -0.1) is 10.2 Å². The molecule has 1 aromatic heterocycles. The Balaban J connectivity index is 1.87. The van der Waals surface area contributed by atoms with Crippen LogP contribution >= 0.6 is 0 Å². The lowest BCUT2D eigenvalue weighted by atomic mass is 10.1. The lowest BCUT2D eigenvalue weighted by Crippen LogP contribution is -2.31. The summed E-state index contributed by atoms with van der Waals surface area (Å²) in [4.78, 5) is 0. The van der Waals surface area contributed by atoms with Crippen LogP contribution in [0.5, 0.6) is 0 Å². The Morgan fingerprint density at radius 2 is 2.40 bits per heavy atom. The summed E-state index contributed by atoms with van der Waals surface area (Å²) in [6.07, 6.45) is 5.83. The predicted octanol–water partition coefficient (Wildman–Crippen LogP) is 1.58. The molecule has 0 spiro atoms. The second-order valence-corrected chi connectivity index (χ2v) is 4.43. The predicted molar refractivity (Wildman–Crippen MR) is 59.3 cm³/mol. The van der Waals surface area contributed by atoms with Gasteiger partial charge >= 0.3 is 0 Å². The van der Waals surface area contributed by atoms with E-state index in [1.165, 1.54) is 19.3 Å². The molecule has 1 aromatic rings. The molecule has 2 rings (SSSR count). The van der Waals surface area contributed by atoms with E-state index in [-0.39, 0.29) is 0 Å². The van der Waals surface area contributed by atoms with Crippen molar-refractivity contribution in [2.75, 3.05) is 0 Å². The summed E-state index contributed by atoms with van der Waals surface area (Å²) in [7, 11) is 0. The molecule has 2 atom stereocenters. The second kappa shape index (κ2) is 4.75. The van der Waals surface area contributed by atoms with Crippen LogP contribution in [0, 0.1) is 5.92 Å². The molecule has 4 heteroatoms. The minimum Gasteiger partial charge on any atom is -0.317 e. The minimum atomic E-state index is 0.673. The maximum absolute atomic E-state index is 4.12. The highest BCUT2D eigenvalue weighted by Crippen LogP contribution is 2.24. The van der Waals surface area contributed by atoms with Gasteiger partial charge in [-0.2, -0.15) is 0 Å². The van der Waals surface area contributed by atoms with E-state index in [1.807, 2.05) is 0 Å². The van der Waals surface area contributed by atoms with Gasteiger partial charge in [-0.3, -0.25) is 0 Å². The smallest absolute Gasteiger partial charge is 0.146 e. The summed E-state index contributed by atoms with van der Waals surface area (Å²) < 4.78 is 2.09. The van der Waals surface area contributed by atoms with E-state index in [0.717, 1.165) is 24.8 Å². The first-order chi connectivity index (χ1) is 7.31. The molecule has 2 unspecified atom stereocenters. The van der Waals surface area contributed by atoms with Crippen molar-refractivity contribution in [2.24, 2.45) is 5.92 Å². The van der Waals surface area contributed by atoms with Gasteiger partial charge in [-0.25, -0.2) is 0 Å². The summed E-state index contributed by atoms with van der Waals surface area (Å²) in [6.45, 7) is 6.24. The lowest BCUT2D eigenvalue weighted by Gasteiger charge is -2.16. The number of aryl methyl sites for hydroxylation is 1. The van der Waals surface area contributed by atoms with E-state index < -0.39 is 0 Å². The monoisotopic (exact) mass is 208 g/mol. The van der Waals surface area contributed by atoms with Gasteiger partial charge in [0, 0.05) is 12.6 Å². The highest BCUT2D eigenvalue weighted by Gasteiger charge is 2.22. The summed E-state index contributed by atoms with van der Waals surface area (Å²) in [5.41, 5.74) is 0. The molecule has 0 bridgehead atoms. The van der Waals surface area contributed by atoms with Crippen LogP contribution in [0.3, 0.4) is 0 Å². The molecule has 0 aromatic carbocycles. The molecule has 1 heterocycles. The van der Waals surface area contributed by atoms with Gasteiger partial charge in [-0.1, -0.05) is 13.3 Å². The van der Waals surface area contributed by atoms with Gasteiger partial charge in [0.15, 0.2) is 0 Å². The normalized spacial score (nSPS) is 26.0. The van der Waals surface area contributed by atoms with Crippen LogP contribution in [0.15, 0.2) is 6.33 Å².